The number of carbonyl (C=O) groups is 3. The standard InChI is InChI=1S/C13H21NO5/c1-8(11(16)18-6)7-10(9(2)15)14-12(17)19-13(3,4)5/h10H,1,7H2,2-6H3,(H,14,17). The molecule has 0 saturated heterocycles. The van der Waals surface area contributed by atoms with Gasteiger partial charge in [-0.05, 0) is 27.7 Å². The molecule has 0 aliphatic carbocycles. The van der Waals surface area contributed by atoms with Crippen LogP contribution in [0.3, 0.4) is 0 Å². The Morgan fingerprint density at radius 2 is 1.79 bits per heavy atom. The lowest BCUT2D eigenvalue weighted by Crippen LogP contribution is -2.43. The van der Waals surface area contributed by atoms with Crippen molar-refractivity contribution in [3.63, 3.8) is 0 Å². The third-order valence-corrected chi connectivity index (χ3v) is 2.11. The van der Waals surface area contributed by atoms with Gasteiger partial charge in [0.15, 0.2) is 5.78 Å². The van der Waals surface area contributed by atoms with E-state index in [0.29, 0.717) is 0 Å². The minimum Gasteiger partial charge on any atom is -0.466 e. The van der Waals surface area contributed by atoms with Gasteiger partial charge in [-0.25, -0.2) is 9.59 Å². The van der Waals surface area contributed by atoms with Crippen LogP contribution in [-0.2, 0) is 19.1 Å². The average Bonchev–Trinajstić information content (AvgIpc) is 2.24. The van der Waals surface area contributed by atoms with Gasteiger partial charge in [-0.3, -0.25) is 4.79 Å². The van der Waals surface area contributed by atoms with Crippen molar-refractivity contribution in [2.75, 3.05) is 7.11 Å². The molecule has 0 heterocycles. The first-order chi connectivity index (χ1) is 8.56. The number of amides is 1. The van der Waals surface area contributed by atoms with Crippen LogP contribution in [0.2, 0.25) is 0 Å². The van der Waals surface area contributed by atoms with Crippen molar-refractivity contribution in [1.29, 1.82) is 0 Å². The second-order valence-electron chi connectivity index (χ2n) is 5.11. The Labute approximate surface area is 113 Å². The zero-order valence-electron chi connectivity index (χ0n) is 12.0. The Bertz CT molecular complexity index is 381. The number of Topliss-reactive ketones (excluding diaryl/α,β-unsaturated/α-hetero) is 1. The van der Waals surface area contributed by atoms with Crippen molar-refractivity contribution in [2.45, 2.75) is 45.8 Å². The van der Waals surface area contributed by atoms with Gasteiger partial charge in [0.25, 0.3) is 0 Å². The Morgan fingerprint density at radius 3 is 2.16 bits per heavy atom. The summed E-state index contributed by atoms with van der Waals surface area (Å²) < 4.78 is 9.52. The van der Waals surface area contributed by atoms with Crippen LogP contribution in [-0.4, -0.2) is 36.6 Å². The Kier molecular flexibility index (Phi) is 6.24. The fourth-order valence-electron chi connectivity index (χ4n) is 1.22. The summed E-state index contributed by atoms with van der Waals surface area (Å²) in [5.74, 6) is -0.909. The second kappa shape index (κ2) is 6.92. The van der Waals surface area contributed by atoms with Crippen molar-refractivity contribution in [3.05, 3.63) is 12.2 Å². The number of carbonyl (C=O) groups excluding carboxylic acids is 3. The van der Waals surface area contributed by atoms with Gasteiger partial charge in [-0.2, -0.15) is 0 Å². The van der Waals surface area contributed by atoms with Gasteiger partial charge >= 0.3 is 12.1 Å². The van der Waals surface area contributed by atoms with Gasteiger partial charge in [0.1, 0.15) is 5.60 Å². The number of rotatable bonds is 5. The van der Waals surface area contributed by atoms with Crippen LogP contribution >= 0.6 is 0 Å². The molecule has 6 heteroatoms. The summed E-state index contributed by atoms with van der Waals surface area (Å²) in [5.41, 5.74) is -0.552. The topological polar surface area (TPSA) is 81.7 Å². The maximum absolute atomic E-state index is 11.6. The second-order valence-corrected chi connectivity index (χ2v) is 5.11. The summed E-state index contributed by atoms with van der Waals surface area (Å²) in [6.07, 6.45) is -0.730. The third-order valence-electron chi connectivity index (χ3n) is 2.11. The highest BCUT2D eigenvalue weighted by molar-refractivity contribution is 5.91. The normalized spacial score (nSPS) is 12.3. The Balaban J connectivity index is 4.60. The summed E-state index contributed by atoms with van der Waals surface area (Å²) in [6.45, 7) is 9.96. The summed E-state index contributed by atoms with van der Waals surface area (Å²) >= 11 is 0. The van der Waals surface area contributed by atoms with Crippen molar-refractivity contribution >= 4 is 17.8 Å². The first kappa shape index (κ1) is 17.2. The molecule has 0 aliphatic heterocycles. The molecule has 0 spiro atoms. The number of ether oxygens (including phenoxy) is 2. The smallest absolute Gasteiger partial charge is 0.408 e. The number of hydrogen-bond donors (Lipinski definition) is 1. The zero-order chi connectivity index (χ0) is 15.2. The van der Waals surface area contributed by atoms with Crippen molar-refractivity contribution in [1.82, 2.24) is 5.32 Å². The van der Waals surface area contributed by atoms with Crippen molar-refractivity contribution in [3.8, 4) is 0 Å². The maximum Gasteiger partial charge on any atom is 0.408 e. The van der Waals surface area contributed by atoms with E-state index in [1.54, 1.807) is 20.8 Å². The largest absolute Gasteiger partial charge is 0.466 e. The maximum atomic E-state index is 11.6. The highest BCUT2D eigenvalue weighted by atomic mass is 16.6. The molecule has 0 rings (SSSR count). The molecule has 0 aromatic carbocycles. The number of esters is 1. The molecule has 0 radical (unpaired) electrons. The molecule has 1 atom stereocenters. The van der Waals surface area contributed by atoms with E-state index in [1.807, 2.05) is 0 Å². The zero-order valence-corrected chi connectivity index (χ0v) is 12.0. The lowest BCUT2D eigenvalue weighted by Gasteiger charge is -2.22. The molecular formula is C13H21NO5. The summed E-state index contributed by atoms with van der Waals surface area (Å²) in [5, 5.41) is 2.40. The first-order valence-electron chi connectivity index (χ1n) is 5.83. The van der Waals surface area contributed by atoms with E-state index in [0.717, 1.165) is 0 Å². The number of alkyl carbamates (subject to hydrolysis) is 1. The number of methoxy groups -OCH3 is 1. The summed E-state index contributed by atoms with van der Waals surface area (Å²) in [4.78, 5) is 34.2. The summed E-state index contributed by atoms with van der Waals surface area (Å²) in [6, 6.07) is -0.860. The van der Waals surface area contributed by atoms with Crippen molar-refractivity contribution in [2.24, 2.45) is 0 Å². The average molecular weight is 271 g/mol. The van der Waals surface area contributed by atoms with Gasteiger partial charge in [-0.1, -0.05) is 6.58 Å². The molecular weight excluding hydrogens is 250 g/mol. The lowest BCUT2D eigenvalue weighted by atomic mass is 10.0. The molecule has 0 aliphatic rings. The van der Waals surface area contributed by atoms with Crippen LogP contribution < -0.4 is 5.32 Å². The van der Waals surface area contributed by atoms with Gasteiger partial charge < -0.3 is 14.8 Å². The van der Waals surface area contributed by atoms with Crippen LogP contribution in [0.1, 0.15) is 34.1 Å². The quantitative estimate of drug-likeness (QED) is 0.606. The molecule has 0 saturated carbocycles. The lowest BCUT2D eigenvalue weighted by molar-refractivity contribution is -0.136. The monoisotopic (exact) mass is 271 g/mol. The molecule has 0 fully saturated rings. The van der Waals surface area contributed by atoms with E-state index in [-0.39, 0.29) is 17.8 Å². The van der Waals surface area contributed by atoms with Gasteiger partial charge in [0, 0.05) is 12.0 Å². The molecule has 1 unspecified atom stereocenters. The molecule has 0 bridgehead atoms. The fourth-order valence-corrected chi connectivity index (χ4v) is 1.22. The molecule has 108 valence electrons. The van der Waals surface area contributed by atoms with E-state index in [4.69, 9.17) is 4.74 Å². The van der Waals surface area contributed by atoms with Crippen LogP contribution in [0.5, 0.6) is 0 Å². The SMILES string of the molecule is C=C(CC(NC(=O)OC(C)(C)C)C(C)=O)C(=O)OC. The van der Waals surface area contributed by atoms with Crippen molar-refractivity contribution < 1.29 is 23.9 Å². The van der Waals surface area contributed by atoms with Crippen LogP contribution in [0, 0.1) is 0 Å². The number of ketones is 1. The molecule has 19 heavy (non-hydrogen) atoms. The molecule has 1 N–H and O–H groups in total. The first-order valence-corrected chi connectivity index (χ1v) is 5.83. The third kappa shape index (κ3) is 7.23. The van der Waals surface area contributed by atoms with E-state index in [2.05, 4.69) is 16.6 Å². The molecule has 1 amide bonds. The molecule has 6 nitrogen and oxygen atoms in total. The minimum atomic E-state index is -0.860. The molecule has 0 aromatic heterocycles. The summed E-state index contributed by atoms with van der Waals surface area (Å²) in [7, 11) is 1.22. The highest BCUT2D eigenvalue weighted by Crippen LogP contribution is 2.10. The Morgan fingerprint density at radius 1 is 1.26 bits per heavy atom. The van der Waals surface area contributed by atoms with Gasteiger partial charge in [0.2, 0.25) is 0 Å². The van der Waals surface area contributed by atoms with E-state index >= 15 is 0 Å². The van der Waals surface area contributed by atoms with E-state index < -0.39 is 23.7 Å². The highest BCUT2D eigenvalue weighted by Gasteiger charge is 2.24. The molecule has 0 aromatic rings. The van der Waals surface area contributed by atoms with Crippen LogP contribution in [0.25, 0.3) is 0 Å². The fraction of sp³-hybridized carbons (Fsp3) is 0.615. The Hall–Kier alpha value is -1.85. The predicted octanol–water partition coefficient (Wildman–Crippen LogP) is 1.59. The number of hydrogen-bond acceptors (Lipinski definition) is 5. The van der Waals surface area contributed by atoms with E-state index in [1.165, 1.54) is 14.0 Å². The minimum absolute atomic E-state index is 0.0126. The van der Waals surface area contributed by atoms with Gasteiger partial charge in [-0.15, -0.1) is 0 Å². The predicted molar refractivity (Wildman–Crippen MR) is 69.6 cm³/mol. The number of nitrogens with one attached hydrogen (secondary N) is 1. The van der Waals surface area contributed by atoms with Gasteiger partial charge in [0.05, 0.1) is 13.2 Å². The van der Waals surface area contributed by atoms with Crippen LogP contribution in [0.4, 0.5) is 4.79 Å². The van der Waals surface area contributed by atoms with E-state index in [9.17, 15) is 14.4 Å². The van der Waals surface area contributed by atoms with Crippen LogP contribution in [0.15, 0.2) is 12.2 Å².